The molecule has 6 nitrogen and oxygen atoms in total. The molecule has 0 saturated carbocycles. The van der Waals surface area contributed by atoms with Crippen molar-refractivity contribution in [3.63, 3.8) is 0 Å². The van der Waals surface area contributed by atoms with E-state index < -0.39 is 23.6 Å². The normalized spacial score (nSPS) is 21.4. The van der Waals surface area contributed by atoms with Crippen LogP contribution in [0.5, 0.6) is 11.5 Å². The van der Waals surface area contributed by atoms with E-state index in [9.17, 15) is 24.9 Å². The number of aliphatic hydroxyl groups excluding tert-OH is 2. The Hall–Kier alpha value is -3.14. The fourth-order valence-corrected chi connectivity index (χ4v) is 4.84. The smallest absolute Gasteiger partial charge is 0.172 e. The van der Waals surface area contributed by atoms with Crippen LogP contribution >= 0.6 is 0 Å². The van der Waals surface area contributed by atoms with Crippen LogP contribution in [-0.2, 0) is 16.0 Å². The van der Waals surface area contributed by atoms with Crippen LogP contribution in [-0.4, -0.2) is 46.7 Å². The van der Waals surface area contributed by atoms with E-state index in [0.717, 1.165) is 29.5 Å². The minimum Gasteiger partial charge on any atom is -0.504 e. The fraction of sp³-hybridized carbons (Fsp3) is 0.467. The third kappa shape index (κ3) is 6.75. The molecule has 0 fully saturated rings. The lowest BCUT2D eigenvalue weighted by Gasteiger charge is -2.22. The molecule has 0 unspecified atom stereocenters. The quantitative estimate of drug-likeness (QED) is 0.377. The van der Waals surface area contributed by atoms with Gasteiger partial charge in [0.15, 0.2) is 29.2 Å². The maximum absolute atomic E-state index is 13.1. The molecule has 0 aromatic heterocycles. The second kappa shape index (κ2) is 13.2. The van der Waals surface area contributed by atoms with E-state index in [1.807, 2.05) is 37.3 Å². The number of phenols is 1. The number of benzene rings is 2. The predicted octanol–water partition coefficient (Wildman–Crippen LogP) is 4.18. The monoisotopic (exact) mass is 492 g/mol. The molecule has 3 rings (SSSR count). The highest BCUT2D eigenvalue weighted by Crippen LogP contribution is 2.36. The molecule has 0 bridgehead atoms. The average molecular weight is 493 g/mol. The summed E-state index contributed by atoms with van der Waals surface area (Å²) in [5, 5.41) is 30.8. The van der Waals surface area contributed by atoms with Gasteiger partial charge in [-0.15, -0.1) is 5.92 Å². The summed E-state index contributed by atoms with van der Waals surface area (Å²) in [4.78, 5) is 26.0. The van der Waals surface area contributed by atoms with E-state index in [-0.39, 0.29) is 49.2 Å². The third-order valence-electron chi connectivity index (χ3n) is 6.98. The van der Waals surface area contributed by atoms with Crippen molar-refractivity contribution < 1.29 is 29.6 Å². The Bertz CT molecular complexity index is 1100. The molecule has 2 aromatic rings. The summed E-state index contributed by atoms with van der Waals surface area (Å²) in [5.41, 5.74) is 2.47. The number of ether oxygens (including phenoxy) is 1. The molecular weight excluding hydrogens is 456 g/mol. The molecule has 3 N–H and O–H groups in total. The van der Waals surface area contributed by atoms with Gasteiger partial charge in [-0.3, -0.25) is 9.59 Å². The van der Waals surface area contributed by atoms with Crippen LogP contribution in [0.4, 0.5) is 0 Å². The first-order valence-electron chi connectivity index (χ1n) is 12.7. The number of hydrogen-bond acceptors (Lipinski definition) is 6. The minimum absolute atomic E-state index is 0.0172. The Morgan fingerprint density at radius 2 is 1.86 bits per heavy atom. The van der Waals surface area contributed by atoms with E-state index in [1.165, 1.54) is 7.11 Å². The van der Waals surface area contributed by atoms with E-state index in [1.54, 1.807) is 12.1 Å². The molecule has 2 aromatic carbocycles. The minimum atomic E-state index is -1.69. The van der Waals surface area contributed by atoms with E-state index in [2.05, 4.69) is 11.8 Å². The number of aryl methyl sites for hydroxylation is 1. The van der Waals surface area contributed by atoms with Crippen molar-refractivity contribution in [2.45, 2.75) is 63.9 Å². The molecular formula is C30H36O6. The molecule has 1 aliphatic rings. The van der Waals surface area contributed by atoms with Crippen molar-refractivity contribution in [1.29, 1.82) is 0 Å². The summed E-state index contributed by atoms with van der Waals surface area (Å²) in [6.07, 6.45) is 1.62. The van der Waals surface area contributed by atoms with Crippen molar-refractivity contribution in [3.05, 3.63) is 59.2 Å². The number of aliphatic hydroxyl groups is 2. The zero-order valence-electron chi connectivity index (χ0n) is 21.1. The lowest BCUT2D eigenvalue weighted by atomic mass is 9.83. The second-order valence-corrected chi connectivity index (χ2v) is 9.47. The number of ketones is 2. The largest absolute Gasteiger partial charge is 0.504 e. The number of rotatable bonds is 8. The molecule has 0 heterocycles. The van der Waals surface area contributed by atoms with Crippen molar-refractivity contribution in [2.24, 2.45) is 11.8 Å². The highest BCUT2D eigenvalue weighted by molar-refractivity contribution is 6.06. The fourth-order valence-electron chi connectivity index (χ4n) is 4.84. The topological polar surface area (TPSA) is 104 Å². The lowest BCUT2D eigenvalue weighted by Crippen LogP contribution is -2.35. The van der Waals surface area contributed by atoms with Gasteiger partial charge in [0.25, 0.3) is 0 Å². The zero-order chi connectivity index (χ0) is 26.1. The molecule has 0 radical (unpaired) electrons. The van der Waals surface area contributed by atoms with Gasteiger partial charge in [-0.1, -0.05) is 49.6 Å². The molecule has 1 aliphatic carbocycles. The van der Waals surface area contributed by atoms with Gasteiger partial charge in [0, 0.05) is 25.4 Å². The third-order valence-corrected chi connectivity index (χ3v) is 6.98. The van der Waals surface area contributed by atoms with Crippen LogP contribution in [0.1, 0.15) is 68.1 Å². The van der Waals surface area contributed by atoms with Gasteiger partial charge in [-0.2, -0.15) is 0 Å². The second-order valence-electron chi connectivity index (χ2n) is 9.47. The molecule has 192 valence electrons. The summed E-state index contributed by atoms with van der Waals surface area (Å²) in [6.45, 7) is 2.09. The van der Waals surface area contributed by atoms with Crippen LogP contribution in [0, 0.1) is 23.7 Å². The van der Waals surface area contributed by atoms with Gasteiger partial charge >= 0.3 is 0 Å². The summed E-state index contributed by atoms with van der Waals surface area (Å²) < 4.78 is 5.28. The Kier molecular flexibility index (Phi) is 10.1. The highest BCUT2D eigenvalue weighted by Gasteiger charge is 2.31. The lowest BCUT2D eigenvalue weighted by molar-refractivity contribution is -0.141. The molecule has 0 aliphatic heterocycles. The Labute approximate surface area is 213 Å². The first kappa shape index (κ1) is 27.4. The molecule has 0 spiro atoms. The van der Waals surface area contributed by atoms with E-state index in [4.69, 9.17) is 4.74 Å². The van der Waals surface area contributed by atoms with Crippen LogP contribution < -0.4 is 4.74 Å². The maximum Gasteiger partial charge on any atom is 0.172 e. The maximum atomic E-state index is 13.1. The van der Waals surface area contributed by atoms with Gasteiger partial charge < -0.3 is 20.1 Å². The van der Waals surface area contributed by atoms with Gasteiger partial charge in [0.2, 0.25) is 0 Å². The van der Waals surface area contributed by atoms with Crippen LogP contribution in [0.2, 0.25) is 0 Å². The van der Waals surface area contributed by atoms with Crippen LogP contribution in [0.15, 0.2) is 42.5 Å². The number of Topliss-reactive ketones (excluding diaryl/α,β-unsaturated/α-hetero) is 2. The first-order chi connectivity index (χ1) is 17.4. The number of aromatic hydroxyl groups is 1. The van der Waals surface area contributed by atoms with Crippen molar-refractivity contribution in [2.75, 3.05) is 13.7 Å². The van der Waals surface area contributed by atoms with Crippen molar-refractivity contribution >= 4 is 11.6 Å². The molecule has 4 atom stereocenters. The van der Waals surface area contributed by atoms with Gasteiger partial charge in [-0.05, 0) is 60.4 Å². The number of fused-ring (bicyclic) bond motifs is 1. The molecule has 0 saturated heterocycles. The summed E-state index contributed by atoms with van der Waals surface area (Å²) in [5.74, 6) is 4.82. The number of phenolic OH excluding ortho intramolecular Hbond substituents is 1. The standard InChI is InChI=1S/C30H36O6/c1-3-8-20(19-31)13-14-22-11-7-12-24(21-9-5-4-6-10-21)25-18-27(33)28(36-2)17-23(25)15-16-26(32)30(35)29(22)34/h4-6,9-10,17-18,20,22,24,30-31,33,35H,3,8,11,13-16,19H2,1-2H3/t20-,22-,24-,30+/m0/s1. The average Bonchev–Trinajstić information content (AvgIpc) is 2.90. The summed E-state index contributed by atoms with van der Waals surface area (Å²) in [7, 11) is 1.46. The predicted molar refractivity (Wildman–Crippen MR) is 138 cm³/mol. The van der Waals surface area contributed by atoms with E-state index >= 15 is 0 Å². The van der Waals surface area contributed by atoms with Crippen LogP contribution in [0.25, 0.3) is 0 Å². The number of carbonyl (C=O) groups excluding carboxylic acids is 2. The van der Waals surface area contributed by atoms with E-state index in [0.29, 0.717) is 12.8 Å². The van der Waals surface area contributed by atoms with Crippen molar-refractivity contribution in [1.82, 2.24) is 0 Å². The number of carbonyl (C=O) groups is 2. The van der Waals surface area contributed by atoms with Gasteiger partial charge in [-0.25, -0.2) is 0 Å². The Morgan fingerprint density at radius 1 is 1.11 bits per heavy atom. The number of methoxy groups -OCH3 is 1. The summed E-state index contributed by atoms with van der Waals surface area (Å²) in [6, 6.07) is 13.0. The summed E-state index contributed by atoms with van der Waals surface area (Å²) >= 11 is 0. The highest BCUT2D eigenvalue weighted by atomic mass is 16.5. The SMILES string of the molecule is CCC[C@H](CO)CC[C@@H]1CC#C[C@@H](c2ccccc2)c2cc(O)c(OC)cc2CCC(=O)[C@@H](O)C1=O. The Morgan fingerprint density at radius 3 is 2.53 bits per heavy atom. The molecule has 0 amide bonds. The van der Waals surface area contributed by atoms with Crippen molar-refractivity contribution in [3.8, 4) is 23.3 Å². The van der Waals surface area contributed by atoms with Gasteiger partial charge in [0.1, 0.15) is 0 Å². The Balaban J connectivity index is 2.04. The molecule has 36 heavy (non-hydrogen) atoms. The number of hydrogen-bond donors (Lipinski definition) is 3. The molecule has 6 heteroatoms. The first-order valence-corrected chi connectivity index (χ1v) is 12.7. The van der Waals surface area contributed by atoms with Gasteiger partial charge in [0.05, 0.1) is 13.0 Å². The van der Waals surface area contributed by atoms with Crippen LogP contribution in [0.3, 0.4) is 0 Å². The zero-order valence-corrected chi connectivity index (χ0v) is 21.1.